The molecule has 2 N–H and O–H groups in total. The predicted octanol–water partition coefficient (Wildman–Crippen LogP) is 2.41. The first-order valence-corrected chi connectivity index (χ1v) is 6.11. The second-order valence-corrected chi connectivity index (χ2v) is 4.23. The molecular weight excluding hydrogens is 198 g/mol. The molecule has 1 rings (SSSR count). The molecule has 0 spiro atoms. The van der Waals surface area contributed by atoms with Crippen molar-refractivity contribution in [3.05, 3.63) is 24.0 Å². The number of hydrogen-bond acceptors (Lipinski definition) is 3. The van der Waals surface area contributed by atoms with E-state index in [1.54, 1.807) is 0 Å². The van der Waals surface area contributed by atoms with Crippen molar-refractivity contribution in [3.63, 3.8) is 0 Å². The van der Waals surface area contributed by atoms with Crippen LogP contribution in [0.4, 0.5) is 5.69 Å². The van der Waals surface area contributed by atoms with Gasteiger partial charge in [-0.05, 0) is 25.0 Å². The van der Waals surface area contributed by atoms with Crippen LogP contribution in [0.3, 0.4) is 0 Å². The maximum Gasteiger partial charge on any atom is 0.0772 e. The fourth-order valence-corrected chi connectivity index (χ4v) is 1.78. The topological polar surface area (TPSA) is 42.2 Å². The van der Waals surface area contributed by atoms with Crippen molar-refractivity contribution < 1.29 is 0 Å². The average molecular weight is 221 g/mol. The van der Waals surface area contributed by atoms with Crippen LogP contribution >= 0.6 is 0 Å². The maximum atomic E-state index is 5.72. The highest BCUT2D eigenvalue weighted by Gasteiger charge is 2.11. The molecule has 1 aromatic rings. The number of nitrogens with zero attached hydrogens (tertiary/aromatic N) is 2. The zero-order chi connectivity index (χ0) is 12.0. The molecule has 0 saturated carbocycles. The Kier molecular flexibility index (Phi) is 5.26. The Morgan fingerprint density at radius 1 is 1.44 bits per heavy atom. The smallest absolute Gasteiger partial charge is 0.0772 e. The number of nitrogens with two attached hydrogens (primary N) is 1. The van der Waals surface area contributed by atoms with Crippen molar-refractivity contribution >= 4 is 5.69 Å². The fourth-order valence-electron chi connectivity index (χ4n) is 1.78. The van der Waals surface area contributed by atoms with Crippen LogP contribution < -0.4 is 10.6 Å². The molecule has 1 aromatic heterocycles. The Morgan fingerprint density at radius 2 is 2.19 bits per heavy atom. The van der Waals surface area contributed by atoms with Gasteiger partial charge in [-0.3, -0.25) is 4.98 Å². The summed E-state index contributed by atoms with van der Waals surface area (Å²) in [4.78, 5) is 6.70. The van der Waals surface area contributed by atoms with E-state index in [0.717, 1.165) is 18.8 Å². The van der Waals surface area contributed by atoms with Crippen LogP contribution in [-0.4, -0.2) is 18.1 Å². The van der Waals surface area contributed by atoms with Gasteiger partial charge in [0.05, 0.1) is 11.4 Å². The minimum absolute atomic E-state index is 0.507. The highest BCUT2D eigenvalue weighted by molar-refractivity contribution is 5.50. The van der Waals surface area contributed by atoms with Gasteiger partial charge in [0.25, 0.3) is 0 Å². The molecule has 1 atom stereocenters. The largest absolute Gasteiger partial charge is 0.370 e. The normalized spacial score (nSPS) is 12.5. The molecule has 0 fully saturated rings. The van der Waals surface area contributed by atoms with Gasteiger partial charge < -0.3 is 10.6 Å². The van der Waals surface area contributed by atoms with Crippen molar-refractivity contribution in [1.82, 2.24) is 4.98 Å². The third kappa shape index (κ3) is 3.20. The van der Waals surface area contributed by atoms with Crippen LogP contribution in [0.2, 0.25) is 0 Å². The number of pyridine rings is 1. The predicted molar refractivity (Wildman–Crippen MR) is 69.5 cm³/mol. The van der Waals surface area contributed by atoms with Crippen molar-refractivity contribution in [2.75, 3.05) is 18.0 Å². The molecule has 1 unspecified atom stereocenters. The zero-order valence-electron chi connectivity index (χ0n) is 10.6. The molecule has 3 nitrogen and oxygen atoms in total. The van der Waals surface area contributed by atoms with Gasteiger partial charge in [0, 0.05) is 25.8 Å². The zero-order valence-corrected chi connectivity index (χ0v) is 10.6. The Hall–Kier alpha value is -1.09. The maximum absolute atomic E-state index is 5.72. The van der Waals surface area contributed by atoms with Gasteiger partial charge in [-0.25, -0.2) is 0 Å². The standard InChI is InChI=1S/C13H23N3/c1-4-11(3)10-16(5-2)13-7-6-8-15-12(13)9-14/h6-8,11H,4-5,9-10,14H2,1-3H3. The molecule has 0 amide bonds. The van der Waals surface area contributed by atoms with E-state index in [0.29, 0.717) is 12.5 Å². The summed E-state index contributed by atoms with van der Waals surface area (Å²) in [6.07, 6.45) is 3.01. The molecule has 0 aliphatic carbocycles. The third-order valence-corrected chi connectivity index (χ3v) is 3.01. The molecule has 0 radical (unpaired) electrons. The van der Waals surface area contributed by atoms with E-state index in [1.807, 2.05) is 12.3 Å². The van der Waals surface area contributed by atoms with E-state index in [2.05, 4.69) is 36.7 Å². The number of rotatable bonds is 6. The molecule has 0 aliphatic heterocycles. The molecule has 3 heteroatoms. The summed E-state index contributed by atoms with van der Waals surface area (Å²) >= 11 is 0. The Morgan fingerprint density at radius 3 is 2.75 bits per heavy atom. The Balaban J connectivity index is 2.85. The second-order valence-electron chi connectivity index (χ2n) is 4.23. The minimum atomic E-state index is 0.507. The second kappa shape index (κ2) is 6.48. The molecule has 16 heavy (non-hydrogen) atoms. The van der Waals surface area contributed by atoms with E-state index in [4.69, 9.17) is 5.73 Å². The minimum Gasteiger partial charge on any atom is -0.370 e. The first kappa shape index (κ1) is 13.0. The van der Waals surface area contributed by atoms with Crippen molar-refractivity contribution in [2.24, 2.45) is 11.7 Å². The first-order chi connectivity index (χ1) is 7.72. The van der Waals surface area contributed by atoms with Crippen LogP contribution in [0, 0.1) is 5.92 Å². The van der Waals surface area contributed by atoms with E-state index < -0.39 is 0 Å². The van der Waals surface area contributed by atoms with Crippen molar-refractivity contribution in [3.8, 4) is 0 Å². The van der Waals surface area contributed by atoms with E-state index in [1.165, 1.54) is 12.1 Å². The van der Waals surface area contributed by atoms with Gasteiger partial charge in [0.15, 0.2) is 0 Å². The van der Waals surface area contributed by atoms with Crippen molar-refractivity contribution in [2.45, 2.75) is 33.7 Å². The van der Waals surface area contributed by atoms with Gasteiger partial charge in [-0.2, -0.15) is 0 Å². The van der Waals surface area contributed by atoms with Crippen LogP contribution in [0.15, 0.2) is 18.3 Å². The summed E-state index contributed by atoms with van der Waals surface area (Å²) in [5, 5.41) is 0. The third-order valence-electron chi connectivity index (χ3n) is 3.01. The van der Waals surface area contributed by atoms with Gasteiger partial charge >= 0.3 is 0 Å². The molecule has 0 bridgehead atoms. The van der Waals surface area contributed by atoms with Gasteiger partial charge in [-0.15, -0.1) is 0 Å². The van der Waals surface area contributed by atoms with E-state index in [9.17, 15) is 0 Å². The summed E-state index contributed by atoms with van der Waals surface area (Å²) < 4.78 is 0. The molecular formula is C13H23N3. The van der Waals surface area contributed by atoms with E-state index in [-0.39, 0.29) is 0 Å². The van der Waals surface area contributed by atoms with Gasteiger partial charge in [0.1, 0.15) is 0 Å². The van der Waals surface area contributed by atoms with Crippen LogP contribution in [0.1, 0.15) is 32.9 Å². The number of aromatic nitrogens is 1. The lowest BCUT2D eigenvalue weighted by Crippen LogP contribution is -2.29. The van der Waals surface area contributed by atoms with Crippen molar-refractivity contribution in [1.29, 1.82) is 0 Å². The number of anilines is 1. The lowest BCUT2D eigenvalue weighted by Gasteiger charge is -2.27. The van der Waals surface area contributed by atoms with Gasteiger partial charge in [0.2, 0.25) is 0 Å². The fraction of sp³-hybridized carbons (Fsp3) is 0.615. The lowest BCUT2D eigenvalue weighted by molar-refractivity contribution is 0.546. The van der Waals surface area contributed by atoms with E-state index >= 15 is 0 Å². The molecule has 0 aromatic carbocycles. The average Bonchev–Trinajstić information content (AvgIpc) is 2.35. The summed E-state index contributed by atoms with van der Waals surface area (Å²) in [5.41, 5.74) is 7.90. The Labute approximate surface area is 98.7 Å². The van der Waals surface area contributed by atoms with Crippen LogP contribution in [0.25, 0.3) is 0 Å². The number of hydrogen-bond donors (Lipinski definition) is 1. The quantitative estimate of drug-likeness (QED) is 0.802. The highest BCUT2D eigenvalue weighted by atomic mass is 15.1. The van der Waals surface area contributed by atoms with Crippen LogP contribution in [-0.2, 0) is 6.54 Å². The summed E-state index contributed by atoms with van der Waals surface area (Å²) in [6.45, 7) is 9.27. The molecule has 0 saturated heterocycles. The summed E-state index contributed by atoms with van der Waals surface area (Å²) in [6, 6.07) is 4.09. The first-order valence-electron chi connectivity index (χ1n) is 6.11. The summed E-state index contributed by atoms with van der Waals surface area (Å²) in [5.74, 6) is 0.700. The highest BCUT2D eigenvalue weighted by Crippen LogP contribution is 2.19. The van der Waals surface area contributed by atoms with Gasteiger partial charge in [-0.1, -0.05) is 20.3 Å². The monoisotopic (exact) mass is 221 g/mol. The lowest BCUT2D eigenvalue weighted by atomic mass is 10.1. The molecule has 1 heterocycles. The Bertz CT molecular complexity index is 312. The van der Waals surface area contributed by atoms with Crippen LogP contribution in [0.5, 0.6) is 0 Å². The molecule has 90 valence electrons. The summed E-state index contributed by atoms with van der Waals surface area (Å²) in [7, 11) is 0. The SMILES string of the molecule is CCC(C)CN(CC)c1cccnc1CN. The molecule has 0 aliphatic rings.